The lowest BCUT2D eigenvalue weighted by Gasteiger charge is -2.12. The number of nitrogens with zero attached hydrogens (tertiary/aromatic N) is 2. The highest BCUT2D eigenvalue weighted by molar-refractivity contribution is 5.14. The van der Waals surface area contributed by atoms with Crippen LogP contribution in [0, 0.1) is 0 Å². The predicted octanol–water partition coefficient (Wildman–Crippen LogP) is 2.05. The first kappa shape index (κ1) is 10.3. The maximum atomic E-state index is 5.86. The Hall–Kier alpha value is -0.830. The van der Waals surface area contributed by atoms with Crippen LogP contribution in [0.15, 0.2) is 6.07 Å². The molecule has 74 valence electrons. The van der Waals surface area contributed by atoms with Crippen molar-refractivity contribution < 1.29 is 0 Å². The predicted molar refractivity (Wildman–Crippen MR) is 54.6 cm³/mol. The van der Waals surface area contributed by atoms with Crippen LogP contribution in [0.5, 0.6) is 0 Å². The fourth-order valence-electron chi connectivity index (χ4n) is 1.39. The first-order chi connectivity index (χ1) is 6.06. The third-order valence-corrected chi connectivity index (χ3v) is 2.13. The third kappa shape index (κ3) is 2.10. The topological polar surface area (TPSA) is 43.8 Å². The molecule has 0 radical (unpaired) electrons. The molecule has 3 nitrogen and oxygen atoms in total. The number of nitrogens with two attached hydrogens (primary N) is 1. The van der Waals surface area contributed by atoms with Gasteiger partial charge < -0.3 is 5.73 Å². The van der Waals surface area contributed by atoms with E-state index in [4.69, 9.17) is 5.73 Å². The van der Waals surface area contributed by atoms with E-state index >= 15 is 0 Å². The molecule has 0 unspecified atom stereocenters. The van der Waals surface area contributed by atoms with Crippen molar-refractivity contribution in [1.29, 1.82) is 0 Å². The average molecular weight is 181 g/mol. The Kier molecular flexibility index (Phi) is 3.09. The van der Waals surface area contributed by atoms with E-state index in [2.05, 4.69) is 31.9 Å². The summed E-state index contributed by atoms with van der Waals surface area (Å²) in [5.41, 5.74) is 8.12. The van der Waals surface area contributed by atoms with Crippen molar-refractivity contribution in [3.05, 3.63) is 17.5 Å². The second-order valence-corrected chi connectivity index (χ2v) is 3.74. The monoisotopic (exact) mass is 181 g/mol. The lowest BCUT2D eigenvalue weighted by molar-refractivity contribution is 0.490. The summed E-state index contributed by atoms with van der Waals surface area (Å²) >= 11 is 0. The minimum atomic E-state index is 0.0650. The molecule has 0 aliphatic rings. The van der Waals surface area contributed by atoms with Gasteiger partial charge in [0.15, 0.2) is 0 Å². The first-order valence-corrected chi connectivity index (χ1v) is 4.90. The molecule has 0 aliphatic carbocycles. The summed E-state index contributed by atoms with van der Waals surface area (Å²) < 4.78 is 2.02. The van der Waals surface area contributed by atoms with Crippen molar-refractivity contribution in [3.8, 4) is 0 Å². The van der Waals surface area contributed by atoms with E-state index in [0.29, 0.717) is 6.04 Å². The van der Waals surface area contributed by atoms with Crippen LogP contribution < -0.4 is 5.73 Å². The quantitative estimate of drug-likeness (QED) is 0.775. The SMILES string of the molecule is CCc1cc([C@H](C)N)n(C(C)C)n1. The van der Waals surface area contributed by atoms with Gasteiger partial charge in [0.05, 0.1) is 11.4 Å². The van der Waals surface area contributed by atoms with Crippen molar-refractivity contribution in [1.82, 2.24) is 9.78 Å². The fraction of sp³-hybridized carbons (Fsp3) is 0.700. The minimum absolute atomic E-state index is 0.0650. The Morgan fingerprint density at radius 1 is 1.46 bits per heavy atom. The van der Waals surface area contributed by atoms with Crippen LogP contribution >= 0.6 is 0 Å². The molecule has 13 heavy (non-hydrogen) atoms. The molecule has 0 amide bonds. The van der Waals surface area contributed by atoms with Gasteiger partial charge in [0.1, 0.15) is 0 Å². The van der Waals surface area contributed by atoms with Crippen LogP contribution in [-0.4, -0.2) is 9.78 Å². The van der Waals surface area contributed by atoms with E-state index in [1.165, 1.54) is 0 Å². The van der Waals surface area contributed by atoms with Crippen molar-refractivity contribution >= 4 is 0 Å². The van der Waals surface area contributed by atoms with Gasteiger partial charge >= 0.3 is 0 Å². The van der Waals surface area contributed by atoms with Gasteiger partial charge in [-0.05, 0) is 33.3 Å². The van der Waals surface area contributed by atoms with E-state index in [1.54, 1.807) is 0 Å². The Labute approximate surface area is 79.9 Å². The van der Waals surface area contributed by atoms with Crippen molar-refractivity contribution in [3.63, 3.8) is 0 Å². The second-order valence-electron chi connectivity index (χ2n) is 3.74. The van der Waals surface area contributed by atoms with Crippen molar-refractivity contribution in [2.45, 2.75) is 46.2 Å². The molecule has 1 atom stereocenters. The van der Waals surface area contributed by atoms with Gasteiger partial charge in [0, 0.05) is 12.1 Å². The molecule has 0 saturated carbocycles. The molecule has 1 aromatic heterocycles. The molecule has 1 rings (SSSR count). The van der Waals surface area contributed by atoms with E-state index in [1.807, 2.05) is 11.6 Å². The van der Waals surface area contributed by atoms with Crippen LogP contribution in [-0.2, 0) is 6.42 Å². The van der Waals surface area contributed by atoms with Crippen LogP contribution in [0.1, 0.15) is 51.2 Å². The van der Waals surface area contributed by atoms with Gasteiger partial charge in [-0.2, -0.15) is 5.10 Å². The molecule has 3 heteroatoms. The van der Waals surface area contributed by atoms with Gasteiger partial charge in [-0.15, -0.1) is 0 Å². The van der Waals surface area contributed by atoms with Gasteiger partial charge in [0.25, 0.3) is 0 Å². The lowest BCUT2D eigenvalue weighted by Crippen LogP contribution is -2.14. The first-order valence-electron chi connectivity index (χ1n) is 4.90. The van der Waals surface area contributed by atoms with Crippen LogP contribution in [0.4, 0.5) is 0 Å². The second kappa shape index (κ2) is 3.92. The molecular weight excluding hydrogens is 162 g/mol. The highest BCUT2D eigenvalue weighted by Crippen LogP contribution is 2.16. The van der Waals surface area contributed by atoms with Crippen molar-refractivity contribution in [2.24, 2.45) is 5.73 Å². The summed E-state index contributed by atoms with van der Waals surface area (Å²) in [6.07, 6.45) is 0.972. The summed E-state index contributed by atoms with van der Waals surface area (Å²) in [7, 11) is 0. The largest absolute Gasteiger partial charge is 0.323 e. The zero-order valence-corrected chi connectivity index (χ0v) is 8.91. The lowest BCUT2D eigenvalue weighted by atomic mass is 10.2. The Morgan fingerprint density at radius 2 is 2.08 bits per heavy atom. The maximum Gasteiger partial charge on any atom is 0.0625 e. The average Bonchev–Trinajstić information content (AvgIpc) is 2.47. The Morgan fingerprint density at radius 3 is 2.38 bits per heavy atom. The number of rotatable bonds is 3. The molecule has 0 spiro atoms. The van der Waals surface area contributed by atoms with Crippen LogP contribution in [0.2, 0.25) is 0 Å². The highest BCUT2D eigenvalue weighted by Gasteiger charge is 2.12. The summed E-state index contributed by atoms with van der Waals surface area (Å²) in [5, 5.41) is 4.49. The molecule has 0 saturated heterocycles. The number of aromatic nitrogens is 2. The number of hydrogen-bond acceptors (Lipinski definition) is 2. The minimum Gasteiger partial charge on any atom is -0.323 e. The van der Waals surface area contributed by atoms with E-state index in [-0.39, 0.29) is 6.04 Å². The zero-order chi connectivity index (χ0) is 10.0. The molecule has 1 heterocycles. The van der Waals surface area contributed by atoms with Crippen LogP contribution in [0.25, 0.3) is 0 Å². The van der Waals surface area contributed by atoms with Gasteiger partial charge in [-0.3, -0.25) is 4.68 Å². The molecule has 0 aromatic carbocycles. The molecule has 0 bridgehead atoms. The van der Waals surface area contributed by atoms with Crippen molar-refractivity contribution in [2.75, 3.05) is 0 Å². The molecule has 0 fully saturated rings. The Balaban J connectivity index is 3.08. The number of hydrogen-bond donors (Lipinski definition) is 1. The van der Waals surface area contributed by atoms with E-state index < -0.39 is 0 Å². The van der Waals surface area contributed by atoms with E-state index in [9.17, 15) is 0 Å². The summed E-state index contributed by atoms with van der Waals surface area (Å²) in [6, 6.07) is 2.56. The van der Waals surface area contributed by atoms with E-state index in [0.717, 1.165) is 17.8 Å². The maximum absolute atomic E-state index is 5.86. The van der Waals surface area contributed by atoms with Gasteiger partial charge in [0.2, 0.25) is 0 Å². The highest BCUT2D eigenvalue weighted by atomic mass is 15.3. The third-order valence-electron chi connectivity index (χ3n) is 2.13. The fourth-order valence-corrected chi connectivity index (χ4v) is 1.39. The smallest absolute Gasteiger partial charge is 0.0625 e. The zero-order valence-electron chi connectivity index (χ0n) is 8.91. The summed E-state index contributed by atoms with van der Waals surface area (Å²) in [5.74, 6) is 0. The Bertz CT molecular complexity index is 248. The number of aryl methyl sites for hydroxylation is 1. The van der Waals surface area contributed by atoms with Crippen LogP contribution in [0.3, 0.4) is 0 Å². The molecular formula is C10H19N3. The molecule has 2 N–H and O–H groups in total. The molecule has 0 aliphatic heterocycles. The molecule has 1 aromatic rings. The van der Waals surface area contributed by atoms with Gasteiger partial charge in [-0.1, -0.05) is 6.92 Å². The van der Waals surface area contributed by atoms with Gasteiger partial charge in [-0.25, -0.2) is 0 Å². The summed E-state index contributed by atoms with van der Waals surface area (Å²) in [6.45, 7) is 8.35. The summed E-state index contributed by atoms with van der Waals surface area (Å²) in [4.78, 5) is 0. The normalized spacial score (nSPS) is 13.7. The standard InChI is InChI=1S/C10H19N3/c1-5-9-6-10(8(4)11)13(12-9)7(2)3/h6-8H,5,11H2,1-4H3/t8-/m0/s1.